The first-order valence-corrected chi connectivity index (χ1v) is 5.92. The van der Waals surface area contributed by atoms with Gasteiger partial charge in [-0.05, 0) is 17.5 Å². The van der Waals surface area contributed by atoms with Gasteiger partial charge in [-0.2, -0.15) is 0 Å². The zero-order valence-corrected chi connectivity index (χ0v) is 11.4. The van der Waals surface area contributed by atoms with Gasteiger partial charge in [0.05, 0.1) is 11.7 Å². The minimum atomic E-state index is -4.83. The van der Waals surface area contributed by atoms with E-state index in [1.807, 2.05) is 0 Å². The number of rotatable bonds is 3. The van der Waals surface area contributed by atoms with E-state index in [-0.39, 0.29) is 5.69 Å². The van der Waals surface area contributed by atoms with Crippen LogP contribution in [-0.2, 0) is 4.79 Å². The number of anilines is 1. The summed E-state index contributed by atoms with van der Waals surface area (Å²) in [6.45, 7) is 5.28. The van der Waals surface area contributed by atoms with E-state index in [0.717, 1.165) is 6.07 Å². The van der Waals surface area contributed by atoms with Crippen LogP contribution in [0.5, 0.6) is 5.75 Å². The standard InChI is InChI=1S/C13H17F3N2O2/c1-12(2,3)10(17)11(19)18-8-6-4-5-7-9(8)20-13(14,15)16/h4-7,10H,17H2,1-3H3,(H,18,19)/t10-/m0/s1. The third-order valence-electron chi connectivity index (χ3n) is 2.59. The molecule has 0 aliphatic carbocycles. The fourth-order valence-corrected chi connectivity index (χ4v) is 1.39. The van der Waals surface area contributed by atoms with Gasteiger partial charge in [0.2, 0.25) is 5.91 Å². The Labute approximate surface area is 115 Å². The van der Waals surface area contributed by atoms with Crippen molar-refractivity contribution < 1.29 is 22.7 Å². The van der Waals surface area contributed by atoms with Gasteiger partial charge >= 0.3 is 6.36 Å². The predicted octanol–water partition coefficient (Wildman–Crippen LogP) is 2.90. The van der Waals surface area contributed by atoms with E-state index in [1.165, 1.54) is 18.2 Å². The monoisotopic (exact) mass is 290 g/mol. The molecule has 0 aliphatic rings. The fraction of sp³-hybridized carbons (Fsp3) is 0.462. The molecule has 7 heteroatoms. The van der Waals surface area contributed by atoms with Gasteiger partial charge in [-0.3, -0.25) is 4.79 Å². The fourth-order valence-electron chi connectivity index (χ4n) is 1.39. The number of benzene rings is 1. The average molecular weight is 290 g/mol. The molecule has 1 atom stereocenters. The molecule has 0 aromatic heterocycles. The summed E-state index contributed by atoms with van der Waals surface area (Å²) in [4.78, 5) is 11.9. The maximum Gasteiger partial charge on any atom is 0.573 e. The van der Waals surface area contributed by atoms with Crippen molar-refractivity contribution >= 4 is 11.6 Å². The largest absolute Gasteiger partial charge is 0.573 e. The average Bonchev–Trinajstić information content (AvgIpc) is 2.27. The molecule has 0 aliphatic heterocycles. The number of nitrogens with two attached hydrogens (primary N) is 1. The molecule has 0 heterocycles. The van der Waals surface area contributed by atoms with E-state index >= 15 is 0 Å². The number of amides is 1. The molecule has 1 rings (SSSR count). The SMILES string of the molecule is CC(C)(C)[C@@H](N)C(=O)Nc1ccccc1OC(F)(F)F. The van der Waals surface area contributed by atoms with E-state index in [0.29, 0.717) is 0 Å². The number of nitrogens with one attached hydrogen (secondary N) is 1. The van der Waals surface area contributed by atoms with E-state index in [1.54, 1.807) is 20.8 Å². The second-order valence-corrected chi connectivity index (χ2v) is 5.38. The minimum Gasteiger partial charge on any atom is -0.404 e. The highest BCUT2D eigenvalue weighted by molar-refractivity contribution is 5.96. The van der Waals surface area contributed by atoms with Gasteiger partial charge in [-0.15, -0.1) is 13.2 Å². The second kappa shape index (κ2) is 5.70. The van der Waals surface area contributed by atoms with Crippen LogP contribution in [0.3, 0.4) is 0 Å². The van der Waals surface area contributed by atoms with Gasteiger partial charge < -0.3 is 15.8 Å². The molecule has 4 nitrogen and oxygen atoms in total. The van der Waals surface area contributed by atoms with Crippen molar-refractivity contribution in [2.75, 3.05) is 5.32 Å². The highest BCUT2D eigenvalue weighted by Crippen LogP contribution is 2.30. The molecule has 0 saturated carbocycles. The molecule has 0 spiro atoms. The number of alkyl halides is 3. The van der Waals surface area contributed by atoms with Crippen molar-refractivity contribution in [2.24, 2.45) is 11.1 Å². The molecular weight excluding hydrogens is 273 g/mol. The first-order chi connectivity index (χ1) is 9.00. The highest BCUT2D eigenvalue weighted by atomic mass is 19.4. The van der Waals surface area contributed by atoms with E-state index in [2.05, 4.69) is 10.1 Å². The number of hydrogen-bond donors (Lipinski definition) is 2. The molecular formula is C13H17F3N2O2. The van der Waals surface area contributed by atoms with E-state index in [4.69, 9.17) is 5.73 Å². The summed E-state index contributed by atoms with van der Waals surface area (Å²) in [5, 5.41) is 2.35. The van der Waals surface area contributed by atoms with Crippen molar-refractivity contribution in [3.63, 3.8) is 0 Å². The van der Waals surface area contributed by atoms with Crippen molar-refractivity contribution in [1.29, 1.82) is 0 Å². The van der Waals surface area contributed by atoms with E-state index < -0.39 is 29.5 Å². The molecule has 0 saturated heterocycles. The Hall–Kier alpha value is -1.76. The van der Waals surface area contributed by atoms with Gasteiger partial charge in [0.15, 0.2) is 5.75 Å². The van der Waals surface area contributed by atoms with Crippen LogP contribution in [0.15, 0.2) is 24.3 Å². The van der Waals surface area contributed by atoms with Gasteiger partial charge in [-0.1, -0.05) is 32.9 Å². The first kappa shape index (κ1) is 16.3. The molecule has 1 aromatic carbocycles. The Morgan fingerprint density at radius 2 is 1.80 bits per heavy atom. The zero-order chi connectivity index (χ0) is 15.6. The molecule has 0 bridgehead atoms. The Morgan fingerprint density at radius 1 is 1.25 bits per heavy atom. The van der Waals surface area contributed by atoms with Gasteiger partial charge in [-0.25, -0.2) is 0 Å². The van der Waals surface area contributed by atoms with Crippen LogP contribution < -0.4 is 15.8 Å². The van der Waals surface area contributed by atoms with Gasteiger partial charge in [0.1, 0.15) is 0 Å². The number of para-hydroxylation sites is 2. The van der Waals surface area contributed by atoms with Crippen LogP contribution in [0.25, 0.3) is 0 Å². The Bertz CT molecular complexity index is 481. The maximum atomic E-state index is 12.2. The van der Waals surface area contributed by atoms with Crippen LogP contribution in [-0.4, -0.2) is 18.3 Å². The van der Waals surface area contributed by atoms with Crippen LogP contribution >= 0.6 is 0 Å². The lowest BCUT2D eigenvalue weighted by molar-refractivity contribution is -0.274. The Kier molecular flexibility index (Phi) is 4.65. The molecule has 0 radical (unpaired) electrons. The molecule has 0 unspecified atom stereocenters. The van der Waals surface area contributed by atoms with Gasteiger partial charge in [0, 0.05) is 0 Å². The topological polar surface area (TPSA) is 64.4 Å². The second-order valence-electron chi connectivity index (χ2n) is 5.38. The lowest BCUT2D eigenvalue weighted by Gasteiger charge is -2.26. The van der Waals surface area contributed by atoms with Crippen molar-refractivity contribution in [3.8, 4) is 5.75 Å². The van der Waals surface area contributed by atoms with Crippen LogP contribution in [0.2, 0.25) is 0 Å². The van der Waals surface area contributed by atoms with Crippen LogP contribution in [0, 0.1) is 5.41 Å². The number of carbonyl (C=O) groups is 1. The van der Waals surface area contributed by atoms with Crippen molar-refractivity contribution in [1.82, 2.24) is 0 Å². The highest BCUT2D eigenvalue weighted by Gasteiger charge is 2.33. The van der Waals surface area contributed by atoms with Crippen molar-refractivity contribution in [2.45, 2.75) is 33.2 Å². The lowest BCUT2D eigenvalue weighted by Crippen LogP contribution is -2.45. The molecule has 1 amide bonds. The third-order valence-corrected chi connectivity index (χ3v) is 2.59. The van der Waals surface area contributed by atoms with Gasteiger partial charge in [0.25, 0.3) is 0 Å². The quantitative estimate of drug-likeness (QED) is 0.899. The minimum absolute atomic E-state index is 0.0745. The molecule has 1 aromatic rings. The summed E-state index contributed by atoms with van der Waals surface area (Å²) in [6.07, 6.45) is -4.83. The summed E-state index contributed by atoms with van der Waals surface area (Å²) in [5.41, 5.74) is 5.16. The number of carbonyl (C=O) groups excluding carboxylic acids is 1. The summed E-state index contributed by atoms with van der Waals surface area (Å²) >= 11 is 0. The molecule has 3 N–H and O–H groups in total. The first-order valence-electron chi connectivity index (χ1n) is 5.92. The summed E-state index contributed by atoms with van der Waals surface area (Å²) in [5.74, 6) is -1.05. The zero-order valence-electron chi connectivity index (χ0n) is 11.4. The van der Waals surface area contributed by atoms with Crippen LogP contribution in [0.4, 0.5) is 18.9 Å². The number of halogens is 3. The normalized spacial score (nSPS) is 13.8. The summed E-state index contributed by atoms with van der Waals surface area (Å²) in [7, 11) is 0. The molecule has 0 fully saturated rings. The summed E-state index contributed by atoms with van der Waals surface area (Å²) < 4.78 is 40.6. The smallest absolute Gasteiger partial charge is 0.404 e. The number of hydrogen-bond acceptors (Lipinski definition) is 3. The lowest BCUT2D eigenvalue weighted by atomic mass is 9.87. The van der Waals surface area contributed by atoms with Crippen LogP contribution in [0.1, 0.15) is 20.8 Å². The maximum absolute atomic E-state index is 12.2. The Morgan fingerprint density at radius 3 is 2.30 bits per heavy atom. The third kappa shape index (κ3) is 4.73. The molecule has 20 heavy (non-hydrogen) atoms. The predicted molar refractivity (Wildman–Crippen MR) is 69.2 cm³/mol. The molecule has 112 valence electrons. The van der Waals surface area contributed by atoms with Crippen molar-refractivity contribution in [3.05, 3.63) is 24.3 Å². The number of ether oxygens (including phenoxy) is 1. The summed E-state index contributed by atoms with van der Waals surface area (Å²) in [6, 6.07) is 4.43. The Balaban J connectivity index is 2.91. The van der Waals surface area contributed by atoms with E-state index in [9.17, 15) is 18.0 Å².